The number of aromatic nitrogens is 2. The predicted octanol–water partition coefficient (Wildman–Crippen LogP) is 5.52. The van der Waals surface area contributed by atoms with Crippen LogP contribution in [-0.4, -0.2) is 23.7 Å². The molecule has 4 aromatic rings. The van der Waals surface area contributed by atoms with E-state index >= 15 is 0 Å². The Morgan fingerprint density at radius 2 is 1.97 bits per heavy atom. The van der Waals surface area contributed by atoms with Crippen molar-refractivity contribution in [2.45, 2.75) is 20.0 Å². The van der Waals surface area contributed by atoms with Crippen LogP contribution >= 0.6 is 15.9 Å². The van der Waals surface area contributed by atoms with E-state index in [-0.39, 0.29) is 6.10 Å². The molecule has 0 fully saturated rings. The van der Waals surface area contributed by atoms with Crippen LogP contribution in [0.4, 0.5) is 5.69 Å². The number of nitrogens with one attached hydrogen (secondary N) is 1. The van der Waals surface area contributed by atoms with Gasteiger partial charge in [0.1, 0.15) is 23.0 Å². The van der Waals surface area contributed by atoms with Crippen LogP contribution in [-0.2, 0) is 9.53 Å². The van der Waals surface area contributed by atoms with Crippen LogP contribution in [0.2, 0.25) is 0 Å². The van der Waals surface area contributed by atoms with Crippen LogP contribution in [0.15, 0.2) is 62.3 Å². The van der Waals surface area contributed by atoms with Crippen molar-refractivity contribution in [2.24, 2.45) is 0 Å². The van der Waals surface area contributed by atoms with Gasteiger partial charge in [0.15, 0.2) is 17.7 Å². The van der Waals surface area contributed by atoms with Gasteiger partial charge in [-0.25, -0.2) is 4.98 Å². The fraction of sp³-hybridized carbons (Fsp3) is 0.190. The van der Waals surface area contributed by atoms with Gasteiger partial charge < -0.3 is 19.0 Å². The van der Waals surface area contributed by atoms with Gasteiger partial charge in [0, 0.05) is 22.6 Å². The zero-order chi connectivity index (χ0) is 20.8. The van der Waals surface area contributed by atoms with Crippen LogP contribution in [0, 0.1) is 6.92 Å². The number of rotatable bonds is 5. The minimum Gasteiger partial charge on any atom is -0.460 e. The van der Waals surface area contributed by atoms with Crippen molar-refractivity contribution < 1.29 is 18.5 Å². The number of oxazole rings is 1. The first-order chi connectivity index (χ1) is 14.0. The number of carbonyl (C=O) groups excluding carboxylic acids is 1. The van der Waals surface area contributed by atoms with Gasteiger partial charge in [0.25, 0.3) is 6.47 Å². The molecule has 4 rings (SSSR count). The summed E-state index contributed by atoms with van der Waals surface area (Å²) in [5.41, 5.74) is 5.12. The number of nitrogens with zero attached hydrogens (tertiary/aromatic N) is 2. The Morgan fingerprint density at radius 3 is 2.66 bits per heavy atom. The van der Waals surface area contributed by atoms with Gasteiger partial charge >= 0.3 is 0 Å². The van der Waals surface area contributed by atoms with Crippen LogP contribution in [0.1, 0.15) is 24.3 Å². The van der Waals surface area contributed by atoms with E-state index in [4.69, 9.17) is 13.7 Å². The molecule has 1 unspecified atom stereocenters. The smallest absolute Gasteiger partial charge is 0.293 e. The van der Waals surface area contributed by atoms with Gasteiger partial charge in [-0.05, 0) is 44.2 Å². The molecule has 2 aromatic heterocycles. The molecule has 0 bridgehead atoms. The molecule has 150 valence electrons. The molecule has 0 aliphatic carbocycles. The predicted molar refractivity (Wildman–Crippen MR) is 113 cm³/mol. The second-order valence-electron chi connectivity index (χ2n) is 6.15. The van der Waals surface area contributed by atoms with Crippen molar-refractivity contribution in [2.75, 3.05) is 12.4 Å². The summed E-state index contributed by atoms with van der Waals surface area (Å²) in [6.07, 6.45) is 1.07. The van der Waals surface area contributed by atoms with Crippen LogP contribution in [0.5, 0.6) is 0 Å². The van der Waals surface area contributed by atoms with Gasteiger partial charge in [0.2, 0.25) is 0 Å². The number of ether oxygens (including phenoxy) is 1. The van der Waals surface area contributed by atoms with Crippen LogP contribution in [0.3, 0.4) is 0 Å². The summed E-state index contributed by atoms with van der Waals surface area (Å²) in [7, 11) is 1.86. The van der Waals surface area contributed by atoms with E-state index in [0.29, 0.717) is 12.1 Å². The molecule has 7 nitrogen and oxygen atoms in total. The van der Waals surface area contributed by atoms with Gasteiger partial charge in [-0.3, -0.25) is 4.79 Å². The average molecular weight is 458 g/mol. The Bertz CT molecular complexity index is 1090. The number of aryl methyl sites for hydroxylation is 1. The third-order valence-electron chi connectivity index (χ3n) is 4.31. The third kappa shape index (κ3) is 4.65. The van der Waals surface area contributed by atoms with Crippen molar-refractivity contribution in [3.63, 3.8) is 0 Å². The first kappa shape index (κ1) is 20.6. The number of benzene rings is 2. The highest BCUT2D eigenvalue weighted by Crippen LogP contribution is 2.31. The lowest BCUT2D eigenvalue weighted by molar-refractivity contribution is -0.133. The second kappa shape index (κ2) is 9.38. The summed E-state index contributed by atoms with van der Waals surface area (Å²) in [5, 5.41) is 7.03. The molecule has 0 aliphatic heterocycles. The SMILES string of the molecule is CC(OC=O)c1cccc2ocnc12.CNc1c(C)noc1-c1ccc(Br)cc1. The van der Waals surface area contributed by atoms with E-state index in [1.807, 2.05) is 56.4 Å². The highest BCUT2D eigenvalue weighted by molar-refractivity contribution is 9.10. The molecular formula is C21H20BrN3O4. The monoisotopic (exact) mass is 457 g/mol. The average Bonchev–Trinajstić information content (AvgIpc) is 3.35. The van der Waals surface area contributed by atoms with Gasteiger partial charge in [-0.1, -0.05) is 33.2 Å². The summed E-state index contributed by atoms with van der Waals surface area (Å²) in [5.74, 6) is 0.780. The Labute approximate surface area is 176 Å². The Hall–Kier alpha value is -3.13. The zero-order valence-electron chi connectivity index (χ0n) is 16.2. The lowest BCUT2D eigenvalue weighted by atomic mass is 10.1. The van der Waals surface area contributed by atoms with Crippen molar-refractivity contribution >= 4 is 39.2 Å². The molecule has 0 saturated carbocycles. The van der Waals surface area contributed by atoms with Crippen molar-refractivity contribution in [1.82, 2.24) is 10.1 Å². The summed E-state index contributed by atoms with van der Waals surface area (Å²) >= 11 is 3.40. The number of carbonyl (C=O) groups is 1. The fourth-order valence-corrected chi connectivity index (χ4v) is 3.12. The second-order valence-corrected chi connectivity index (χ2v) is 7.07. The topological polar surface area (TPSA) is 90.4 Å². The largest absolute Gasteiger partial charge is 0.460 e. The van der Waals surface area contributed by atoms with E-state index in [1.165, 1.54) is 6.39 Å². The fourth-order valence-electron chi connectivity index (χ4n) is 2.86. The Balaban J connectivity index is 0.000000166. The number of hydrogen-bond acceptors (Lipinski definition) is 7. The zero-order valence-corrected chi connectivity index (χ0v) is 17.8. The molecule has 8 heteroatoms. The van der Waals surface area contributed by atoms with Gasteiger partial charge in [0.05, 0.1) is 0 Å². The Morgan fingerprint density at radius 1 is 1.21 bits per heavy atom. The molecular weight excluding hydrogens is 438 g/mol. The van der Waals surface area contributed by atoms with Crippen LogP contribution < -0.4 is 5.32 Å². The van der Waals surface area contributed by atoms with E-state index in [1.54, 1.807) is 6.92 Å². The standard InChI is InChI=1S/C11H11BrN2O.C10H9NO3/c1-7-10(13-2)11(15-14-7)8-3-5-9(12)6-4-8;1-7(14-6-12)8-3-2-4-9-10(8)11-5-13-9/h3-6,13H,1-2H3;2-7H,1H3. The van der Waals surface area contributed by atoms with Crippen LogP contribution in [0.25, 0.3) is 22.4 Å². The molecule has 0 aliphatic rings. The number of fused-ring (bicyclic) bond motifs is 1. The highest BCUT2D eigenvalue weighted by Gasteiger charge is 2.13. The van der Waals surface area contributed by atoms with Crippen molar-refractivity contribution in [1.29, 1.82) is 0 Å². The first-order valence-corrected chi connectivity index (χ1v) is 9.65. The Kier molecular flexibility index (Phi) is 6.66. The van der Waals surface area contributed by atoms with Crippen molar-refractivity contribution in [3.8, 4) is 11.3 Å². The number of para-hydroxylation sites is 1. The lowest BCUT2D eigenvalue weighted by Gasteiger charge is -2.09. The van der Waals surface area contributed by atoms with E-state index in [9.17, 15) is 4.79 Å². The summed E-state index contributed by atoms with van der Waals surface area (Å²) in [6.45, 7) is 4.14. The quantitative estimate of drug-likeness (QED) is 0.394. The maximum atomic E-state index is 10.2. The molecule has 0 saturated heterocycles. The molecule has 1 N–H and O–H groups in total. The minimum atomic E-state index is -0.304. The number of anilines is 1. The van der Waals surface area contributed by atoms with Crippen molar-refractivity contribution in [3.05, 3.63) is 64.6 Å². The van der Waals surface area contributed by atoms with Gasteiger partial charge in [-0.15, -0.1) is 0 Å². The summed E-state index contributed by atoms with van der Waals surface area (Å²) in [4.78, 5) is 14.3. The van der Waals surface area contributed by atoms with E-state index < -0.39 is 0 Å². The number of halogens is 1. The molecule has 2 heterocycles. The molecule has 0 radical (unpaired) electrons. The van der Waals surface area contributed by atoms with E-state index in [2.05, 4.69) is 31.4 Å². The third-order valence-corrected chi connectivity index (χ3v) is 4.84. The molecule has 0 amide bonds. The maximum Gasteiger partial charge on any atom is 0.293 e. The molecule has 1 atom stereocenters. The molecule has 29 heavy (non-hydrogen) atoms. The maximum absolute atomic E-state index is 10.2. The van der Waals surface area contributed by atoms with E-state index in [0.717, 1.165) is 38.3 Å². The van der Waals surface area contributed by atoms with Gasteiger partial charge in [-0.2, -0.15) is 0 Å². The summed E-state index contributed by atoms with van der Waals surface area (Å²) < 4.78 is 16.3. The summed E-state index contributed by atoms with van der Waals surface area (Å²) in [6, 6.07) is 13.5. The minimum absolute atomic E-state index is 0.304. The lowest BCUT2D eigenvalue weighted by Crippen LogP contribution is -1.98. The normalized spacial score (nSPS) is 11.4. The first-order valence-electron chi connectivity index (χ1n) is 8.86. The highest BCUT2D eigenvalue weighted by atomic mass is 79.9. The molecule has 2 aromatic carbocycles. The number of hydrogen-bond donors (Lipinski definition) is 1. The molecule has 0 spiro atoms.